The van der Waals surface area contributed by atoms with E-state index in [1.807, 2.05) is 39.0 Å². The first-order valence-corrected chi connectivity index (χ1v) is 8.42. The van der Waals surface area contributed by atoms with Crippen molar-refractivity contribution in [1.29, 1.82) is 0 Å². The summed E-state index contributed by atoms with van der Waals surface area (Å²) in [4.78, 5) is 17.1. The van der Waals surface area contributed by atoms with Gasteiger partial charge in [-0.05, 0) is 38.0 Å². The second-order valence-corrected chi connectivity index (χ2v) is 6.59. The predicted molar refractivity (Wildman–Crippen MR) is 86.2 cm³/mol. The van der Waals surface area contributed by atoms with Gasteiger partial charge in [0.2, 0.25) is 0 Å². The van der Waals surface area contributed by atoms with Crippen LogP contribution in [0.2, 0.25) is 0 Å². The highest BCUT2D eigenvalue weighted by Crippen LogP contribution is 2.38. The summed E-state index contributed by atoms with van der Waals surface area (Å²) in [5.74, 6) is -0.164. The number of carbonyl (C=O) groups is 1. The second kappa shape index (κ2) is 6.22. The van der Waals surface area contributed by atoms with Crippen molar-refractivity contribution in [2.24, 2.45) is 0 Å². The lowest BCUT2D eigenvalue weighted by atomic mass is 9.83. The summed E-state index contributed by atoms with van der Waals surface area (Å²) in [5.41, 5.74) is 0.315. The van der Waals surface area contributed by atoms with Gasteiger partial charge in [-0.3, -0.25) is 4.79 Å². The zero-order chi connectivity index (χ0) is 14.8. The number of ether oxygens (including phenoxy) is 1. The van der Waals surface area contributed by atoms with Crippen LogP contribution in [0.1, 0.15) is 38.6 Å². The third-order valence-corrected chi connectivity index (χ3v) is 5.35. The van der Waals surface area contributed by atoms with Gasteiger partial charge in [0.05, 0.1) is 16.8 Å². The lowest BCUT2D eigenvalue weighted by molar-refractivity contribution is -0.150. The van der Waals surface area contributed by atoms with Gasteiger partial charge in [-0.2, -0.15) is 0 Å². The lowest BCUT2D eigenvalue weighted by Crippen LogP contribution is -2.36. The Hall–Kier alpha value is -0.940. The number of hydrogen-bond acceptors (Lipinski definition) is 4. The molecule has 0 bridgehead atoms. The molecule has 5 heteroatoms. The summed E-state index contributed by atoms with van der Waals surface area (Å²) in [6.07, 6.45) is 1.40. The number of halogens is 1. The SMILES string of the molecule is CCOC(=O)C(CC)(CC)c1nc2ccc(Br)cc2s1. The van der Waals surface area contributed by atoms with Gasteiger partial charge in [0, 0.05) is 4.47 Å². The molecule has 2 aromatic rings. The molecule has 0 N–H and O–H groups in total. The van der Waals surface area contributed by atoms with Gasteiger partial charge < -0.3 is 4.74 Å². The minimum Gasteiger partial charge on any atom is -0.465 e. The maximum absolute atomic E-state index is 12.4. The Morgan fingerprint density at radius 3 is 2.65 bits per heavy atom. The van der Waals surface area contributed by atoms with E-state index in [0.717, 1.165) is 19.7 Å². The van der Waals surface area contributed by atoms with Crippen LogP contribution in [0.15, 0.2) is 22.7 Å². The Morgan fingerprint density at radius 1 is 1.35 bits per heavy atom. The van der Waals surface area contributed by atoms with Crippen molar-refractivity contribution in [3.05, 3.63) is 27.7 Å². The average molecular weight is 356 g/mol. The molecular formula is C15H18BrNO2S. The van der Waals surface area contributed by atoms with Gasteiger partial charge in [0.1, 0.15) is 10.4 Å². The van der Waals surface area contributed by atoms with Crippen molar-refractivity contribution in [2.45, 2.75) is 39.0 Å². The van der Waals surface area contributed by atoms with Gasteiger partial charge >= 0.3 is 5.97 Å². The van der Waals surface area contributed by atoms with E-state index < -0.39 is 5.41 Å². The van der Waals surface area contributed by atoms with Crippen LogP contribution in [0.3, 0.4) is 0 Å². The first-order valence-electron chi connectivity index (χ1n) is 6.81. The first-order chi connectivity index (χ1) is 9.57. The van der Waals surface area contributed by atoms with Crippen LogP contribution in [-0.2, 0) is 14.9 Å². The summed E-state index contributed by atoms with van der Waals surface area (Å²) in [7, 11) is 0. The number of nitrogens with zero attached hydrogens (tertiary/aromatic N) is 1. The highest BCUT2D eigenvalue weighted by molar-refractivity contribution is 9.10. The minimum atomic E-state index is -0.619. The van der Waals surface area contributed by atoms with Crippen LogP contribution in [0.25, 0.3) is 10.2 Å². The van der Waals surface area contributed by atoms with Gasteiger partial charge in [0.15, 0.2) is 0 Å². The largest absolute Gasteiger partial charge is 0.465 e. The number of fused-ring (bicyclic) bond motifs is 1. The van der Waals surface area contributed by atoms with Crippen LogP contribution in [0.5, 0.6) is 0 Å². The van der Waals surface area contributed by atoms with Crippen LogP contribution >= 0.6 is 27.3 Å². The molecule has 0 atom stereocenters. The molecule has 108 valence electrons. The predicted octanol–water partition coefficient (Wildman–Crippen LogP) is 4.68. The van der Waals surface area contributed by atoms with E-state index in [1.165, 1.54) is 0 Å². The zero-order valence-electron chi connectivity index (χ0n) is 11.9. The number of benzene rings is 1. The molecule has 0 aliphatic rings. The fraction of sp³-hybridized carbons (Fsp3) is 0.467. The molecular weight excluding hydrogens is 338 g/mol. The van der Waals surface area contributed by atoms with Crippen molar-refractivity contribution in [2.75, 3.05) is 6.61 Å². The standard InChI is InChI=1S/C15H18BrNO2S/c1-4-15(5-2,14(18)19-6-3)13-17-11-8-7-10(16)9-12(11)20-13/h7-9H,4-6H2,1-3H3. The molecule has 2 rings (SSSR count). The molecule has 3 nitrogen and oxygen atoms in total. The molecule has 1 heterocycles. The highest BCUT2D eigenvalue weighted by Gasteiger charge is 2.41. The maximum Gasteiger partial charge on any atom is 0.319 e. The maximum atomic E-state index is 12.4. The molecule has 0 radical (unpaired) electrons. The Balaban J connectivity index is 2.53. The zero-order valence-corrected chi connectivity index (χ0v) is 14.3. The normalized spacial score (nSPS) is 11.8. The molecule has 1 aromatic heterocycles. The Bertz CT molecular complexity index is 619. The number of rotatable bonds is 5. The Morgan fingerprint density at radius 2 is 2.05 bits per heavy atom. The van der Waals surface area contributed by atoms with Crippen LogP contribution < -0.4 is 0 Å². The van der Waals surface area contributed by atoms with Crippen LogP contribution in [0.4, 0.5) is 0 Å². The van der Waals surface area contributed by atoms with Gasteiger partial charge in [0.25, 0.3) is 0 Å². The third kappa shape index (κ3) is 2.61. The van der Waals surface area contributed by atoms with Crippen molar-refractivity contribution in [3.63, 3.8) is 0 Å². The number of aromatic nitrogens is 1. The summed E-state index contributed by atoms with van der Waals surface area (Å²) in [6, 6.07) is 5.98. The number of esters is 1. The molecule has 20 heavy (non-hydrogen) atoms. The summed E-state index contributed by atoms with van der Waals surface area (Å²) in [6.45, 7) is 6.27. The second-order valence-electron chi connectivity index (χ2n) is 4.64. The van der Waals surface area contributed by atoms with Crippen molar-refractivity contribution in [3.8, 4) is 0 Å². The molecule has 0 aliphatic heterocycles. The van der Waals surface area contributed by atoms with Crippen molar-refractivity contribution in [1.82, 2.24) is 4.98 Å². The van der Waals surface area contributed by atoms with Crippen LogP contribution in [0, 0.1) is 0 Å². The van der Waals surface area contributed by atoms with E-state index in [4.69, 9.17) is 4.74 Å². The monoisotopic (exact) mass is 355 g/mol. The summed E-state index contributed by atoms with van der Waals surface area (Å²) in [5, 5.41) is 0.856. The quantitative estimate of drug-likeness (QED) is 0.731. The smallest absolute Gasteiger partial charge is 0.319 e. The van der Waals surface area contributed by atoms with E-state index >= 15 is 0 Å². The topological polar surface area (TPSA) is 39.2 Å². The van der Waals surface area contributed by atoms with Gasteiger partial charge in [-0.1, -0.05) is 29.8 Å². The van der Waals surface area contributed by atoms with Crippen molar-refractivity contribution >= 4 is 43.5 Å². The van der Waals surface area contributed by atoms with Gasteiger partial charge in [-0.15, -0.1) is 11.3 Å². The molecule has 0 saturated heterocycles. The van der Waals surface area contributed by atoms with Crippen molar-refractivity contribution < 1.29 is 9.53 Å². The van der Waals surface area contributed by atoms with E-state index in [9.17, 15) is 4.79 Å². The Labute approximate surface area is 131 Å². The van der Waals surface area contributed by atoms with Gasteiger partial charge in [-0.25, -0.2) is 4.98 Å². The highest BCUT2D eigenvalue weighted by atomic mass is 79.9. The molecule has 0 fully saturated rings. The first kappa shape index (κ1) is 15.4. The fourth-order valence-corrected chi connectivity index (χ4v) is 4.14. The number of hydrogen-bond donors (Lipinski definition) is 0. The fourth-order valence-electron chi connectivity index (χ4n) is 2.30. The lowest BCUT2D eigenvalue weighted by Gasteiger charge is -2.26. The molecule has 0 unspecified atom stereocenters. The molecule has 0 amide bonds. The van der Waals surface area contributed by atoms with Crippen LogP contribution in [-0.4, -0.2) is 17.6 Å². The summed E-state index contributed by atoms with van der Waals surface area (Å²) >= 11 is 5.05. The Kier molecular flexibility index (Phi) is 4.81. The molecule has 0 spiro atoms. The van der Waals surface area contributed by atoms with E-state index in [2.05, 4.69) is 20.9 Å². The van der Waals surface area contributed by atoms with E-state index in [1.54, 1.807) is 11.3 Å². The molecule has 0 saturated carbocycles. The molecule has 0 aliphatic carbocycles. The third-order valence-electron chi connectivity index (χ3n) is 3.63. The summed E-state index contributed by atoms with van der Waals surface area (Å²) < 4.78 is 7.39. The number of thiazole rings is 1. The average Bonchev–Trinajstić information content (AvgIpc) is 2.84. The number of carbonyl (C=O) groups excluding carboxylic acids is 1. The van der Waals surface area contributed by atoms with E-state index in [0.29, 0.717) is 19.4 Å². The minimum absolute atomic E-state index is 0.164. The van der Waals surface area contributed by atoms with E-state index in [-0.39, 0.29) is 5.97 Å². The molecule has 1 aromatic carbocycles.